The maximum absolute atomic E-state index is 12.7. The van der Waals surface area contributed by atoms with Gasteiger partial charge in [-0.25, -0.2) is 0 Å². The minimum absolute atomic E-state index is 0.0198. The smallest absolute Gasteiger partial charge is 0.353 e. The van der Waals surface area contributed by atoms with Crippen molar-refractivity contribution in [1.82, 2.24) is 5.32 Å². The van der Waals surface area contributed by atoms with E-state index in [1.54, 1.807) is 0 Å². The quantitative estimate of drug-likeness (QED) is 0.840. The number of alkyl halides is 3. The molecule has 0 heterocycles. The van der Waals surface area contributed by atoms with Gasteiger partial charge in [-0.1, -0.05) is 12.8 Å². The summed E-state index contributed by atoms with van der Waals surface area (Å²) in [6.45, 7) is 0. The Morgan fingerprint density at radius 1 is 1.15 bits per heavy atom. The summed E-state index contributed by atoms with van der Waals surface area (Å²) < 4.78 is 38.1. The Morgan fingerprint density at radius 3 is 2.45 bits per heavy atom. The molecule has 0 bridgehead atoms. The standard InChI is InChI=1S/C14H23F3N2O/c15-14(16,17)10-4-2-5-11(8-10)19-13(20)7-9-3-1-6-12(9)18/h9-12H,1-8,18H2,(H,19,20)/t9-,10?,11?,12+/m0/s1. The Labute approximate surface area is 117 Å². The van der Waals surface area contributed by atoms with Gasteiger partial charge in [-0.2, -0.15) is 13.2 Å². The van der Waals surface area contributed by atoms with Crippen molar-refractivity contribution < 1.29 is 18.0 Å². The Morgan fingerprint density at radius 2 is 1.85 bits per heavy atom. The molecule has 2 aliphatic carbocycles. The van der Waals surface area contributed by atoms with Gasteiger partial charge in [0.05, 0.1) is 5.92 Å². The number of halogens is 3. The minimum atomic E-state index is -4.14. The van der Waals surface area contributed by atoms with Crippen molar-refractivity contribution in [3.8, 4) is 0 Å². The number of hydrogen-bond acceptors (Lipinski definition) is 2. The Bertz CT molecular complexity index is 346. The molecule has 2 fully saturated rings. The molecule has 2 saturated carbocycles. The van der Waals surface area contributed by atoms with E-state index in [2.05, 4.69) is 5.32 Å². The lowest BCUT2D eigenvalue weighted by molar-refractivity contribution is -0.184. The van der Waals surface area contributed by atoms with Crippen LogP contribution in [0.2, 0.25) is 0 Å². The van der Waals surface area contributed by atoms with E-state index in [0.29, 0.717) is 19.3 Å². The van der Waals surface area contributed by atoms with Crippen molar-refractivity contribution in [3.63, 3.8) is 0 Å². The summed E-state index contributed by atoms with van der Waals surface area (Å²) in [4.78, 5) is 11.9. The van der Waals surface area contributed by atoms with Crippen molar-refractivity contribution in [3.05, 3.63) is 0 Å². The predicted molar refractivity (Wildman–Crippen MR) is 69.9 cm³/mol. The average Bonchev–Trinajstić information content (AvgIpc) is 2.74. The zero-order valence-electron chi connectivity index (χ0n) is 11.6. The maximum Gasteiger partial charge on any atom is 0.391 e. The maximum atomic E-state index is 12.7. The molecule has 1 amide bonds. The highest BCUT2D eigenvalue weighted by molar-refractivity contribution is 5.76. The Kier molecular flexibility index (Phi) is 4.94. The molecule has 0 spiro atoms. The SMILES string of the molecule is N[C@@H]1CCC[C@H]1CC(=O)NC1CCCC(C(F)(F)F)C1. The van der Waals surface area contributed by atoms with E-state index in [-0.39, 0.29) is 36.8 Å². The van der Waals surface area contributed by atoms with Crippen molar-refractivity contribution in [2.75, 3.05) is 0 Å². The van der Waals surface area contributed by atoms with E-state index in [1.807, 2.05) is 0 Å². The van der Waals surface area contributed by atoms with Crippen molar-refractivity contribution in [2.45, 2.75) is 69.6 Å². The van der Waals surface area contributed by atoms with Crippen LogP contribution in [0.4, 0.5) is 13.2 Å². The first-order valence-corrected chi connectivity index (χ1v) is 7.48. The molecule has 3 N–H and O–H groups in total. The molecule has 2 rings (SSSR count). The van der Waals surface area contributed by atoms with Crippen LogP contribution in [0.5, 0.6) is 0 Å². The molecule has 4 atom stereocenters. The summed E-state index contributed by atoms with van der Waals surface area (Å²) in [5, 5.41) is 2.77. The number of rotatable bonds is 3. The van der Waals surface area contributed by atoms with Gasteiger partial charge in [-0.3, -0.25) is 4.79 Å². The van der Waals surface area contributed by atoms with Gasteiger partial charge < -0.3 is 11.1 Å². The number of hydrogen-bond donors (Lipinski definition) is 2. The minimum Gasteiger partial charge on any atom is -0.353 e. The van der Waals surface area contributed by atoms with Gasteiger partial charge in [0.15, 0.2) is 0 Å². The summed E-state index contributed by atoms with van der Waals surface area (Å²) in [5.41, 5.74) is 5.91. The van der Waals surface area contributed by atoms with Gasteiger partial charge in [0.1, 0.15) is 0 Å². The van der Waals surface area contributed by atoms with E-state index in [4.69, 9.17) is 5.73 Å². The molecule has 0 saturated heterocycles. The molecule has 0 aliphatic heterocycles. The first-order valence-electron chi connectivity index (χ1n) is 7.48. The monoisotopic (exact) mass is 292 g/mol. The molecule has 116 valence electrons. The lowest BCUT2D eigenvalue weighted by Gasteiger charge is -2.31. The van der Waals surface area contributed by atoms with E-state index < -0.39 is 12.1 Å². The number of nitrogens with two attached hydrogens (primary N) is 1. The second kappa shape index (κ2) is 6.33. The zero-order valence-corrected chi connectivity index (χ0v) is 11.6. The summed E-state index contributed by atoms with van der Waals surface area (Å²) in [7, 11) is 0. The lowest BCUT2D eigenvalue weighted by Crippen LogP contribution is -2.42. The van der Waals surface area contributed by atoms with E-state index >= 15 is 0 Å². The van der Waals surface area contributed by atoms with Crippen molar-refractivity contribution in [1.29, 1.82) is 0 Å². The van der Waals surface area contributed by atoms with Crippen LogP contribution >= 0.6 is 0 Å². The summed E-state index contributed by atoms with van der Waals surface area (Å²) in [6.07, 6.45) is 0.522. The van der Waals surface area contributed by atoms with Crippen LogP contribution in [0.1, 0.15) is 51.4 Å². The molecule has 0 radical (unpaired) electrons. The molecule has 6 heteroatoms. The summed E-state index contributed by atoms with van der Waals surface area (Å²) in [6, 6.07) is -0.268. The number of carbonyl (C=O) groups is 1. The summed E-state index contributed by atoms with van der Waals surface area (Å²) >= 11 is 0. The second-order valence-corrected chi connectivity index (χ2v) is 6.23. The molecule has 0 aromatic carbocycles. The largest absolute Gasteiger partial charge is 0.391 e. The highest BCUT2D eigenvalue weighted by atomic mass is 19.4. The normalized spacial score (nSPS) is 35.0. The predicted octanol–water partition coefficient (Wildman–Crippen LogP) is 2.74. The van der Waals surface area contributed by atoms with Gasteiger partial charge in [-0.15, -0.1) is 0 Å². The molecule has 20 heavy (non-hydrogen) atoms. The first kappa shape index (κ1) is 15.6. The molecular formula is C14H23F3N2O. The fourth-order valence-corrected chi connectivity index (χ4v) is 3.46. The van der Waals surface area contributed by atoms with Gasteiger partial charge in [0.25, 0.3) is 0 Å². The number of amides is 1. The molecule has 2 aliphatic rings. The van der Waals surface area contributed by atoms with E-state index in [9.17, 15) is 18.0 Å². The highest BCUT2D eigenvalue weighted by Crippen LogP contribution is 2.37. The van der Waals surface area contributed by atoms with Gasteiger partial charge in [0.2, 0.25) is 5.91 Å². The van der Waals surface area contributed by atoms with Gasteiger partial charge in [-0.05, 0) is 38.0 Å². The van der Waals surface area contributed by atoms with Gasteiger partial charge in [0, 0.05) is 18.5 Å². The topological polar surface area (TPSA) is 55.1 Å². The lowest BCUT2D eigenvalue weighted by atomic mass is 9.85. The van der Waals surface area contributed by atoms with Crippen molar-refractivity contribution >= 4 is 5.91 Å². The number of nitrogens with one attached hydrogen (secondary N) is 1. The third-order valence-electron chi connectivity index (χ3n) is 4.67. The molecule has 2 unspecified atom stereocenters. The van der Waals surface area contributed by atoms with Crippen LogP contribution in [-0.2, 0) is 4.79 Å². The third kappa shape index (κ3) is 4.11. The Balaban J connectivity index is 1.79. The Hall–Kier alpha value is -0.780. The van der Waals surface area contributed by atoms with Crippen LogP contribution < -0.4 is 11.1 Å². The molecular weight excluding hydrogens is 269 g/mol. The summed E-state index contributed by atoms with van der Waals surface area (Å²) in [5.74, 6) is -1.22. The van der Waals surface area contributed by atoms with Crippen LogP contribution in [0.3, 0.4) is 0 Å². The van der Waals surface area contributed by atoms with E-state index in [1.165, 1.54) is 0 Å². The van der Waals surface area contributed by atoms with Crippen LogP contribution in [0.15, 0.2) is 0 Å². The molecule has 0 aromatic rings. The second-order valence-electron chi connectivity index (χ2n) is 6.23. The van der Waals surface area contributed by atoms with Crippen molar-refractivity contribution in [2.24, 2.45) is 17.6 Å². The fourth-order valence-electron chi connectivity index (χ4n) is 3.46. The zero-order chi connectivity index (χ0) is 14.8. The highest BCUT2D eigenvalue weighted by Gasteiger charge is 2.42. The molecule has 3 nitrogen and oxygen atoms in total. The first-order chi connectivity index (χ1) is 9.36. The van der Waals surface area contributed by atoms with Gasteiger partial charge >= 0.3 is 6.18 Å². The van der Waals surface area contributed by atoms with E-state index in [0.717, 1.165) is 19.3 Å². The van der Waals surface area contributed by atoms with Crippen LogP contribution in [0.25, 0.3) is 0 Å². The third-order valence-corrected chi connectivity index (χ3v) is 4.67. The van der Waals surface area contributed by atoms with Crippen LogP contribution in [-0.4, -0.2) is 24.2 Å². The fraction of sp³-hybridized carbons (Fsp3) is 0.929. The average molecular weight is 292 g/mol. The van der Waals surface area contributed by atoms with Crippen LogP contribution in [0, 0.1) is 11.8 Å². The molecule has 0 aromatic heterocycles. The number of carbonyl (C=O) groups excluding carboxylic acids is 1.